The summed E-state index contributed by atoms with van der Waals surface area (Å²) < 4.78 is 26.8. The van der Waals surface area contributed by atoms with Crippen LogP contribution < -0.4 is 9.62 Å². The van der Waals surface area contributed by atoms with E-state index >= 15 is 0 Å². The zero-order valence-corrected chi connectivity index (χ0v) is 25.1. The number of nitrogens with zero attached hydrogens (tertiary/aromatic N) is 2. The SMILES string of the molecule is CCCCNC(=O)C(Cc1ccccc1)N(Cc1cccc(Cl)c1)C(=O)CN(c1cccc(C(C)=O)c1)S(C)(=O)=O. The molecule has 0 fully saturated rings. The van der Waals surface area contributed by atoms with E-state index in [1.807, 2.05) is 37.3 Å². The van der Waals surface area contributed by atoms with Gasteiger partial charge in [0.15, 0.2) is 5.78 Å². The van der Waals surface area contributed by atoms with Crippen molar-refractivity contribution >= 4 is 44.9 Å². The lowest BCUT2D eigenvalue weighted by atomic mass is 10.0. The number of amides is 2. The fraction of sp³-hybridized carbons (Fsp3) is 0.323. The standard InChI is InChI=1S/C31H36ClN3O5S/c1-4-5-17-33-31(38)29(19-24-11-7-6-8-12-24)34(21-25-13-9-15-27(32)18-25)30(37)22-35(41(3,39)40)28-16-10-14-26(20-28)23(2)36/h6-16,18,20,29H,4-5,17,19,21-22H2,1-3H3,(H,33,38). The van der Waals surface area contributed by atoms with Gasteiger partial charge in [0.25, 0.3) is 0 Å². The molecule has 3 aromatic carbocycles. The molecule has 10 heteroatoms. The van der Waals surface area contributed by atoms with Crippen molar-refractivity contribution in [2.24, 2.45) is 0 Å². The summed E-state index contributed by atoms with van der Waals surface area (Å²) in [6.45, 7) is 3.32. The van der Waals surface area contributed by atoms with Crippen LogP contribution in [0.25, 0.3) is 0 Å². The largest absolute Gasteiger partial charge is 0.354 e. The summed E-state index contributed by atoms with van der Waals surface area (Å²) in [5, 5.41) is 3.42. The number of halogens is 1. The third kappa shape index (κ3) is 9.43. The van der Waals surface area contributed by atoms with E-state index in [9.17, 15) is 22.8 Å². The molecule has 0 aliphatic rings. The van der Waals surface area contributed by atoms with E-state index in [2.05, 4.69) is 5.32 Å². The number of benzene rings is 3. The lowest BCUT2D eigenvalue weighted by Crippen LogP contribution is -2.53. The Bertz CT molecular complexity index is 1460. The maximum atomic E-state index is 14.1. The number of nitrogens with one attached hydrogen (secondary N) is 1. The number of carbonyl (C=O) groups is 3. The second-order valence-corrected chi connectivity index (χ2v) is 12.2. The molecule has 0 aromatic heterocycles. The molecule has 0 saturated heterocycles. The molecule has 8 nitrogen and oxygen atoms in total. The number of sulfonamides is 1. The van der Waals surface area contributed by atoms with Crippen molar-refractivity contribution in [3.05, 3.63) is 101 Å². The molecule has 218 valence electrons. The molecule has 0 radical (unpaired) electrons. The molecule has 2 amide bonds. The van der Waals surface area contributed by atoms with E-state index < -0.39 is 28.5 Å². The third-order valence-corrected chi connectivity index (χ3v) is 7.94. The Morgan fingerprint density at radius 1 is 0.927 bits per heavy atom. The lowest BCUT2D eigenvalue weighted by Gasteiger charge is -2.33. The van der Waals surface area contributed by atoms with Gasteiger partial charge in [0.05, 0.1) is 11.9 Å². The summed E-state index contributed by atoms with van der Waals surface area (Å²) in [7, 11) is -3.94. The molecule has 0 spiro atoms. The summed E-state index contributed by atoms with van der Waals surface area (Å²) in [5.41, 5.74) is 2.04. The molecule has 1 atom stereocenters. The molecule has 3 aromatic rings. The van der Waals surface area contributed by atoms with Crippen LogP contribution in [-0.2, 0) is 32.6 Å². The maximum absolute atomic E-state index is 14.1. The Labute approximate surface area is 247 Å². The van der Waals surface area contributed by atoms with Gasteiger partial charge in [-0.1, -0.05) is 79.5 Å². The average Bonchev–Trinajstić information content (AvgIpc) is 2.93. The molecule has 0 heterocycles. The highest BCUT2D eigenvalue weighted by Gasteiger charge is 2.33. The van der Waals surface area contributed by atoms with Crippen molar-refractivity contribution < 1.29 is 22.8 Å². The predicted octanol–water partition coefficient (Wildman–Crippen LogP) is 4.87. The smallest absolute Gasteiger partial charge is 0.244 e. The van der Waals surface area contributed by atoms with E-state index in [0.717, 1.165) is 29.0 Å². The predicted molar refractivity (Wildman–Crippen MR) is 162 cm³/mol. The van der Waals surface area contributed by atoms with Crippen molar-refractivity contribution in [3.63, 3.8) is 0 Å². The fourth-order valence-electron chi connectivity index (χ4n) is 4.39. The van der Waals surface area contributed by atoms with Crippen LogP contribution in [0.1, 0.15) is 48.2 Å². The van der Waals surface area contributed by atoms with Crippen molar-refractivity contribution in [1.29, 1.82) is 0 Å². The number of carbonyl (C=O) groups excluding carboxylic acids is 3. The minimum atomic E-state index is -3.94. The summed E-state index contributed by atoms with van der Waals surface area (Å²) in [6.07, 6.45) is 2.89. The first-order chi connectivity index (χ1) is 19.5. The van der Waals surface area contributed by atoms with Crippen LogP contribution in [0.5, 0.6) is 0 Å². The van der Waals surface area contributed by atoms with Crippen molar-refractivity contribution in [1.82, 2.24) is 10.2 Å². The number of rotatable bonds is 14. The zero-order chi connectivity index (χ0) is 30.0. The summed E-state index contributed by atoms with van der Waals surface area (Å²) >= 11 is 6.23. The first kappa shape index (κ1) is 31.8. The van der Waals surface area contributed by atoms with Gasteiger partial charge in [0.2, 0.25) is 21.8 Å². The molecule has 1 unspecified atom stereocenters. The van der Waals surface area contributed by atoms with Crippen LogP contribution in [0.15, 0.2) is 78.9 Å². The Morgan fingerprint density at radius 2 is 1.61 bits per heavy atom. The van der Waals surface area contributed by atoms with Gasteiger partial charge in [0, 0.05) is 30.1 Å². The molecule has 3 rings (SSSR count). The number of unbranched alkanes of at least 4 members (excludes halogenated alkanes) is 1. The van der Waals surface area contributed by atoms with Crippen LogP contribution in [0.3, 0.4) is 0 Å². The van der Waals surface area contributed by atoms with Crippen molar-refractivity contribution in [3.8, 4) is 0 Å². The molecule has 0 saturated carbocycles. The fourth-order valence-corrected chi connectivity index (χ4v) is 5.44. The average molecular weight is 598 g/mol. The molecule has 0 aliphatic heterocycles. The Balaban J connectivity index is 2.05. The van der Waals surface area contributed by atoms with E-state index in [1.165, 1.54) is 24.0 Å². The van der Waals surface area contributed by atoms with Crippen LogP contribution in [0.4, 0.5) is 5.69 Å². The molecule has 1 N–H and O–H groups in total. The highest BCUT2D eigenvalue weighted by atomic mass is 35.5. The van der Waals surface area contributed by atoms with Gasteiger partial charge in [-0.25, -0.2) is 8.42 Å². The Hall–Kier alpha value is -3.69. The Morgan fingerprint density at radius 3 is 2.24 bits per heavy atom. The summed E-state index contributed by atoms with van der Waals surface area (Å²) in [5.74, 6) is -1.14. The molecule has 0 aliphatic carbocycles. The molecule has 0 bridgehead atoms. The topological polar surface area (TPSA) is 104 Å². The van der Waals surface area contributed by atoms with Crippen LogP contribution in [-0.4, -0.2) is 56.3 Å². The van der Waals surface area contributed by atoms with E-state index in [0.29, 0.717) is 22.7 Å². The minimum absolute atomic E-state index is 0.0309. The van der Waals surface area contributed by atoms with Gasteiger partial charge in [-0.15, -0.1) is 0 Å². The highest BCUT2D eigenvalue weighted by molar-refractivity contribution is 7.92. The molecule has 41 heavy (non-hydrogen) atoms. The second kappa shape index (κ2) is 14.8. The number of Topliss-reactive ketones (excluding diaryl/α,β-unsaturated/α-hetero) is 1. The number of hydrogen-bond acceptors (Lipinski definition) is 5. The van der Waals surface area contributed by atoms with Gasteiger partial charge in [0.1, 0.15) is 12.6 Å². The zero-order valence-electron chi connectivity index (χ0n) is 23.5. The number of ketones is 1. The van der Waals surface area contributed by atoms with E-state index in [-0.39, 0.29) is 30.3 Å². The highest BCUT2D eigenvalue weighted by Crippen LogP contribution is 2.22. The van der Waals surface area contributed by atoms with Crippen LogP contribution >= 0.6 is 11.6 Å². The van der Waals surface area contributed by atoms with Crippen LogP contribution in [0, 0.1) is 0 Å². The van der Waals surface area contributed by atoms with Gasteiger partial charge in [-0.2, -0.15) is 0 Å². The summed E-state index contributed by atoms with van der Waals surface area (Å²) in [4.78, 5) is 41.1. The lowest BCUT2D eigenvalue weighted by molar-refractivity contribution is -0.140. The molecular weight excluding hydrogens is 562 g/mol. The van der Waals surface area contributed by atoms with Gasteiger partial charge in [-0.05, 0) is 48.7 Å². The first-order valence-corrected chi connectivity index (χ1v) is 15.7. The monoisotopic (exact) mass is 597 g/mol. The number of hydrogen-bond donors (Lipinski definition) is 1. The summed E-state index contributed by atoms with van der Waals surface area (Å²) in [6, 6.07) is 21.5. The Kier molecular flexibility index (Phi) is 11.5. The van der Waals surface area contributed by atoms with Crippen LogP contribution in [0.2, 0.25) is 5.02 Å². The van der Waals surface area contributed by atoms with Gasteiger partial charge < -0.3 is 10.2 Å². The van der Waals surface area contributed by atoms with Gasteiger partial charge in [-0.3, -0.25) is 18.7 Å². The van der Waals surface area contributed by atoms with E-state index in [4.69, 9.17) is 11.6 Å². The normalized spacial score (nSPS) is 11.9. The van der Waals surface area contributed by atoms with E-state index in [1.54, 1.807) is 36.4 Å². The second-order valence-electron chi connectivity index (χ2n) is 9.88. The van der Waals surface area contributed by atoms with Crippen molar-refractivity contribution in [2.45, 2.75) is 45.7 Å². The van der Waals surface area contributed by atoms with Crippen molar-refractivity contribution in [2.75, 3.05) is 23.7 Å². The van der Waals surface area contributed by atoms with Gasteiger partial charge >= 0.3 is 0 Å². The first-order valence-electron chi connectivity index (χ1n) is 13.4. The third-order valence-electron chi connectivity index (χ3n) is 6.56. The molecular formula is C31H36ClN3O5S. The quantitative estimate of drug-likeness (QED) is 0.211. The minimum Gasteiger partial charge on any atom is -0.354 e. The number of anilines is 1. The maximum Gasteiger partial charge on any atom is 0.244 e.